The molecule has 6 heteroatoms. The van der Waals surface area contributed by atoms with Crippen LogP contribution in [-0.2, 0) is 11.2 Å². The molecule has 3 rings (SSSR count). The van der Waals surface area contributed by atoms with Gasteiger partial charge in [-0.2, -0.15) is 9.50 Å². The third-order valence-corrected chi connectivity index (χ3v) is 4.57. The minimum atomic E-state index is -0.138. The van der Waals surface area contributed by atoms with Crippen molar-refractivity contribution in [3.05, 3.63) is 57.5 Å². The Labute approximate surface area is 139 Å². The Bertz CT molecular complexity index is 888. The van der Waals surface area contributed by atoms with E-state index in [1.165, 1.54) is 21.7 Å². The van der Waals surface area contributed by atoms with E-state index in [1.807, 2.05) is 0 Å². The van der Waals surface area contributed by atoms with Crippen molar-refractivity contribution in [3.8, 4) is 0 Å². The maximum atomic E-state index is 11.9. The highest BCUT2D eigenvalue weighted by Gasteiger charge is 2.13. The van der Waals surface area contributed by atoms with Crippen molar-refractivity contribution in [2.45, 2.75) is 44.0 Å². The Morgan fingerprint density at radius 3 is 2.52 bits per heavy atom. The fourth-order valence-corrected chi connectivity index (χ4v) is 3.09. The maximum absolute atomic E-state index is 11.9. The van der Waals surface area contributed by atoms with Gasteiger partial charge < -0.3 is 0 Å². The number of nitrogens with one attached hydrogen (secondary N) is 1. The van der Waals surface area contributed by atoms with E-state index in [0.29, 0.717) is 16.6 Å². The topological polar surface area (TPSA) is 63.0 Å². The number of benzene rings is 1. The monoisotopic (exact) mass is 328 g/mol. The van der Waals surface area contributed by atoms with Gasteiger partial charge in [0.05, 0.1) is 0 Å². The van der Waals surface area contributed by atoms with Gasteiger partial charge in [-0.05, 0) is 23.5 Å². The summed E-state index contributed by atoms with van der Waals surface area (Å²) in [6, 6.07) is 10.1. The van der Waals surface area contributed by atoms with Crippen molar-refractivity contribution in [3.63, 3.8) is 0 Å². The number of aromatic amines is 1. The number of hydrogen-bond acceptors (Lipinski definition) is 4. The summed E-state index contributed by atoms with van der Waals surface area (Å²) in [5.74, 6) is 1.21. The third kappa shape index (κ3) is 3.47. The van der Waals surface area contributed by atoms with Crippen molar-refractivity contribution >= 4 is 17.5 Å². The molecule has 0 unspecified atom stereocenters. The van der Waals surface area contributed by atoms with Gasteiger partial charge in [-0.1, -0.05) is 56.8 Å². The summed E-state index contributed by atoms with van der Waals surface area (Å²) in [5, 5.41) is 3.69. The average molecular weight is 328 g/mol. The van der Waals surface area contributed by atoms with Crippen LogP contribution in [0, 0.1) is 6.92 Å². The van der Waals surface area contributed by atoms with E-state index in [4.69, 9.17) is 0 Å². The number of fused-ring (bicyclic) bond motifs is 1. The number of nitrogens with zero attached hydrogens (tertiary/aromatic N) is 3. The van der Waals surface area contributed by atoms with E-state index in [2.05, 4.69) is 60.1 Å². The molecule has 2 aromatic heterocycles. The van der Waals surface area contributed by atoms with Gasteiger partial charge in [0.15, 0.2) is 5.16 Å². The molecule has 0 aliphatic heterocycles. The van der Waals surface area contributed by atoms with Gasteiger partial charge in [-0.3, -0.25) is 9.89 Å². The van der Waals surface area contributed by atoms with Gasteiger partial charge in [0.1, 0.15) is 0 Å². The molecule has 0 aliphatic carbocycles. The summed E-state index contributed by atoms with van der Waals surface area (Å²) in [5.41, 5.74) is 3.24. The van der Waals surface area contributed by atoms with Crippen molar-refractivity contribution in [2.24, 2.45) is 0 Å². The van der Waals surface area contributed by atoms with E-state index in [0.717, 1.165) is 5.75 Å². The lowest BCUT2D eigenvalue weighted by atomic mass is 9.87. The summed E-state index contributed by atoms with van der Waals surface area (Å²) in [6.45, 7) is 8.41. The first-order valence-electron chi connectivity index (χ1n) is 7.51. The van der Waals surface area contributed by atoms with Crippen LogP contribution >= 0.6 is 11.8 Å². The molecule has 1 aromatic carbocycles. The first kappa shape index (κ1) is 15.8. The smallest absolute Gasteiger partial charge is 0.267 e. The fraction of sp³-hybridized carbons (Fsp3) is 0.353. The number of hydrogen-bond donors (Lipinski definition) is 1. The van der Waals surface area contributed by atoms with Crippen LogP contribution in [0.15, 0.2) is 40.3 Å². The molecule has 0 saturated heterocycles. The molecule has 1 N–H and O–H groups in total. The zero-order chi connectivity index (χ0) is 16.6. The Hall–Kier alpha value is -2.08. The summed E-state index contributed by atoms with van der Waals surface area (Å²) < 4.78 is 1.37. The number of aromatic nitrogens is 4. The zero-order valence-corrected chi connectivity index (χ0v) is 14.6. The molecule has 0 fully saturated rings. The lowest BCUT2D eigenvalue weighted by Crippen LogP contribution is -2.14. The number of rotatable bonds is 3. The van der Waals surface area contributed by atoms with Crippen LogP contribution in [0.3, 0.4) is 0 Å². The van der Waals surface area contributed by atoms with Gasteiger partial charge in [0, 0.05) is 17.5 Å². The van der Waals surface area contributed by atoms with Crippen LogP contribution in [0.4, 0.5) is 0 Å². The molecule has 2 heterocycles. The fourth-order valence-electron chi connectivity index (χ4n) is 2.29. The molecule has 0 radical (unpaired) electrons. The molecule has 23 heavy (non-hydrogen) atoms. The molecule has 120 valence electrons. The predicted molar refractivity (Wildman–Crippen MR) is 93.0 cm³/mol. The molecule has 0 saturated carbocycles. The van der Waals surface area contributed by atoms with Gasteiger partial charge in [-0.15, -0.1) is 0 Å². The van der Waals surface area contributed by atoms with Crippen LogP contribution < -0.4 is 5.56 Å². The van der Waals surface area contributed by atoms with Crippen LogP contribution in [0.1, 0.15) is 37.6 Å². The second kappa shape index (κ2) is 5.85. The Morgan fingerprint density at radius 2 is 1.87 bits per heavy atom. The van der Waals surface area contributed by atoms with Crippen LogP contribution in [0.2, 0.25) is 0 Å². The molecule has 0 atom stereocenters. The third-order valence-electron chi connectivity index (χ3n) is 3.63. The molecule has 0 spiro atoms. The standard InChI is InChI=1S/C17H20N4OS/c1-11-9-14(22)21-15(18-11)19-16(20-21)23-10-12-5-7-13(8-6-12)17(2,3)4/h5-9H,10H2,1-4H3,(H,18,19,20). The number of H-pyrrole nitrogens is 1. The van der Waals surface area contributed by atoms with E-state index in [1.54, 1.807) is 18.7 Å². The lowest BCUT2D eigenvalue weighted by molar-refractivity contribution is 0.590. The Kier molecular flexibility index (Phi) is 4.02. The van der Waals surface area contributed by atoms with E-state index < -0.39 is 0 Å². The minimum absolute atomic E-state index is 0.138. The van der Waals surface area contributed by atoms with E-state index >= 15 is 0 Å². The first-order valence-corrected chi connectivity index (χ1v) is 8.50. The lowest BCUT2D eigenvalue weighted by Gasteiger charge is -2.19. The first-order chi connectivity index (χ1) is 10.8. The van der Waals surface area contributed by atoms with Crippen LogP contribution in [-0.4, -0.2) is 19.6 Å². The predicted octanol–water partition coefficient (Wildman–Crippen LogP) is 3.32. The SMILES string of the molecule is Cc1cc(=O)n2[nH]c(SCc3ccc(C(C)(C)C)cc3)nc2n1. The minimum Gasteiger partial charge on any atom is -0.267 e. The number of aryl methyl sites for hydroxylation is 1. The van der Waals surface area contributed by atoms with Gasteiger partial charge in [0.2, 0.25) is 0 Å². The van der Waals surface area contributed by atoms with Gasteiger partial charge in [0.25, 0.3) is 11.3 Å². The van der Waals surface area contributed by atoms with Crippen molar-refractivity contribution in [2.75, 3.05) is 0 Å². The Morgan fingerprint density at radius 1 is 1.17 bits per heavy atom. The molecule has 0 bridgehead atoms. The molecular weight excluding hydrogens is 308 g/mol. The summed E-state index contributed by atoms with van der Waals surface area (Å²) in [4.78, 5) is 20.5. The number of thioether (sulfide) groups is 1. The normalized spacial score (nSPS) is 12.0. The van der Waals surface area contributed by atoms with Gasteiger partial charge in [-0.25, -0.2) is 4.98 Å². The largest absolute Gasteiger partial charge is 0.274 e. The summed E-state index contributed by atoms with van der Waals surface area (Å²) in [6.07, 6.45) is 0. The average Bonchev–Trinajstić information content (AvgIpc) is 2.88. The quantitative estimate of drug-likeness (QED) is 0.749. The molecule has 0 aliphatic rings. The summed E-state index contributed by atoms with van der Waals surface area (Å²) in [7, 11) is 0. The van der Waals surface area contributed by atoms with Crippen molar-refractivity contribution in [1.82, 2.24) is 19.6 Å². The summed E-state index contributed by atoms with van der Waals surface area (Å²) >= 11 is 1.56. The molecule has 5 nitrogen and oxygen atoms in total. The highest BCUT2D eigenvalue weighted by Crippen LogP contribution is 2.24. The molecule has 3 aromatic rings. The second-order valence-electron chi connectivity index (χ2n) is 6.64. The molecule has 0 amide bonds. The van der Waals surface area contributed by atoms with Crippen molar-refractivity contribution < 1.29 is 0 Å². The maximum Gasteiger partial charge on any atom is 0.274 e. The van der Waals surface area contributed by atoms with Crippen molar-refractivity contribution in [1.29, 1.82) is 0 Å². The second-order valence-corrected chi connectivity index (χ2v) is 7.60. The molecular formula is C17H20N4OS. The van der Waals surface area contributed by atoms with E-state index in [9.17, 15) is 4.79 Å². The Balaban J connectivity index is 1.76. The van der Waals surface area contributed by atoms with Crippen LogP contribution in [0.5, 0.6) is 0 Å². The van der Waals surface area contributed by atoms with Crippen LogP contribution in [0.25, 0.3) is 5.78 Å². The van der Waals surface area contributed by atoms with E-state index in [-0.39, 0.29) is 11.0 Å². The highest BCUT2D eigenvalue weighted by molar-refractivity contribution is 7.98. The highest BCUT2D eigenvalue weighted by atomic mass is 32.2. The van der Waals surface area contributed by atoms with Gasteiger partial charge >= 0.3 is 0 Å². The zero-order valence-electron chi connectivity index (χ0n) is 13.8.